The molecule has 0 saturated carbocycles. The lowest BCUT2D eigenvalue weighted by molar-refractivity contribution is -0.192. The van der Waals surface area contributed by atoms with E-state index < -0.39 is 30.0 Å². The molecule has 0 aromatic carbocycles. The SMILES string of the molecule is CCCCCCCCCCCCCCCCCCCC(=O)NCCCN(CCCNC(=O)CCCCCCCCCCCCCCCCCCC)C(=O)/C=C\C(=O)N[C@@H](CCCN=C(N)N)C(N)=O.O=C(O)C(F)(F)F. The number of nitrogens with zero attached hydrogens (tertiary/aromatic N) is 2. The second-order valence-electron chi connectivity index (χ2n) is 20.6. The Morgan fingerprint density at radius 2 is 0.816 bits per heavy atom. The van der Waals surface area contributed by atoms with E-state index in [4.69, 9.17) is 27.1 Å². The van der Waals surface area contributed by atoms with Gasteiger partial charge in [-0.15, -0.1) is 0 Å². The minimum absolute atomic E-state index is 0.0232. The molecule has 0 saturated heterocycles. The number of nitrogens with one attached hydrogen (secondary N) is 3. The molecule has 5 amide bonds. The van der Waals surface area contributed by atoms with Crippen LogP contribution in [0.1, 0.15) is 271 Å². The number of carbonyl (C=O) groups is 6. The van der Waals surface area contributed by atoms with Gasteiger partial charge in [-0.3, -0.25) is 29.0 Å². The van der Waals surface area contributed by atoms with Gasteiger partial charge in [-0.25, -0.2) is 4.79 Å². The van der Waals surface area contributed by atoms with Crippen LogP contribution in [0.15, 0.2) is 17.1 Å². The van der Waals surface area contributed by atoms with Crippen molar-refractivity contribution in [2.45, 2.75) is 283 Å². The van der Waals surface area contributed by atoms with Crippen molar-refractivity contribution < 1.29 is 47.0 Å². The van der Waals surface area contributed by atoms with Gasteiger partial charge in [0, 0.05) is 57.7 Å². The standard InChI is InChI=1S/C56H108N8O5.C2HF3O2/c1-3-5-7-9-11-13-15-17-19-21-23-25-27-29-31-33-35-41-51(65)60-46-38-48-64(54(68)44-43-53(67)63-50(55(57)69)40-37-45-62-56(58)59)49-39-47-61-52(66)42-36-34-32-30-28-26-24-22-20-18-16-14-12-10-8-6-4-2;3-2(4,5)1(6)7/h43-44,50H,3-42,45-49H2,1-2H3,(H2,57,69)(H,60,65)(H,61,66)(H,63,67)(H4,58,59,62);(H,6,7)/b44-43-;/t50-;/m0./s1. The summed E-state index contributed by atoms with van der Waals surface area (Å²) in [6.45, 7) is 6.42. The molecule has 0 aliphatic rings. The number of hydrogen-bond donors (Lipinski definition) is 7. The van der Waals surface area contributed by atoms with Gasteiger partial charge in [0.25, 0.3) is 0 Å². The molecular formula is C58H109F3N8O7. The summed E-state index contributed by atoms with van der Waals surface area (Å²) in [5, 5.41) is 15.7. The predicted molar refractivity (Wildman–Crippen MR) is 303 cm³/mol. The molecule has 444 valence electrons. The van der Waals surface area contributed by atoms with Gasteiger partial charge in [0.15, 0.2) is 5.96 Å². The highest BCUT2D eigenvalue weighted by Gasteiger charge is 2.38. The van der Waals surface area contributed by atoms with E-state index >= 15 is 0 Å². The monoisotopic (exact) mass is 1090 g/mol. The van der Waals surface area contributed by atoms with E-state index in [2.05, 4.69) is 34.8 Å². The Morgan fingerprint density at radius 1 is 0.500 bits per heavy atom. The third kappa shape index (κ3) is 54.4. The number of nitrogens with two attached hydrogens (primary N) is 3. The molecule has 0 radical (unpaired) electrons. The molecule has 10 N–H and O–H groups in total. The molecule has 0 aliphatic heterocycles. The Kier molecular flexibility index (Phi) is 52.4. The first-order valence-corrected chi connectivity index (χ1v) is 30.0. The summed E-state index contributed by atoms with van der Waals surface area (Å²) in [5.74, 6) is -4.47. The second kappa shape index (κ2) is 54.0. The van der Waals surface area contributed by atoms with Gasteiger partial charge < -0.3 is 43.2 Å². The normalized spacial score (nSPS) is 11.6. The van der Waals surface area contributed by atoms with Crippen molar-refractivity contribution in [3.05, 3.63) is 12.2 Å². The number of unbranched alkanes of at least 4 members (excludes halogenated alkanes) is 32. The molecule has 0 spiro atoms. The topological polar surface area (TPSA) is 252 Å². The van der Waals surface area contributed by atoms with Crippen LogP contribution in [0.5, 0.6) is 0 Å². The number of rotatable bonds is 52. The number of carbonyl (C=O) groups excluding carboxylic acids is 5. The Balaban J connectivity index is 0. The van der Waals surface area contributed by atoms with Crippen molar-refractivity contribution in [3.8, 4) is 0 Å². The molecule has 0 bridgehead atoms. The Bertz CT molecular complexity index is 1460. The van der Waals surface area contributed by atoms with Crippen molar-refractivity contribution in [2.75, 3.05) is 32.7 Å². The van der Waals surface area contributed by atoms with Gasteiger partial charge in [-0.1, -0.05) is 219 Å². The summed E-state index contributed by atoms with van der Waals surface area (Å²) in [5.41, 5.74) is 16.2. The Labute approximate surface area is 457 Å². The number of aliphatic imine (C=N–C) groups is 1. The maximum atomic E-state index is 13.3. The van der Waals surface area contributed by atoms with E-state index in [9.17, 15) is 37.1 Å². The fraction of sp³-hybridized carbons (Fsp3) is 0.845. The summed E-state index contributed by atoms with van der Waals surface area (Å²) in [7, 11) is 0. The number of guanidine groups is 1. The van der Waals surface area contributed by atoms with E-state index in [1.165, 1.54) is 186 Å². The molecular weight excluding hydrogens is 978 g/mol. The summed E-state index contributed by atoms with van der Waals surface area (Å²) in [6, 6.07) is -0.942. The molecule has 0 heterocycles. The number of carboxylic acids is 1. The number of amides is 5. The lowest BCUT2D eigenvalue weighted by atomic mass is 10.0. The molecule has 0 rings (SSSR count). The van der Waals surface area contributed by atoms with Gasteiger partial charge in [-0.2, -0.15) is 13.2 Å². The van der Waals surface area contributed by atoms with Crippen LogP contribution in [0.3, 0.4) is 0 Å². The van der Waals surface area contributed by atoms with Crippen molar-refractivity contribution in [1.82, 2.24) is 20.9 Å². The van der Waals surface area contributed by atoms with Crippen LogP contribution in [-0.2, 0) is 28.8 Å². The van der Waals surface area contributed by atoms with Gasteiger partial charge in [0.2, 0.25) is 29.5 Å². The highest BCUT2D eigenvalue weighted by atomic mass is 19.4. The number of aliphatic carboxylic acids is 1. The number of hydrogen-bond acceptors (Lipinski definition) is 7. The fourth-order valence-corrected chi connectivity index (χ4v) is 8.79. The van der Waals surface area contributed by atoms with Crippen LogP contribution in [-0.4, -0.2) is 96.4 Å². The number of halogens is 3. The number of primary amides is 1. The second-order valence-corrected chi connectivity index (χ2v) is 20.6. The van der Waals surface area contributed by atoms with Crippen molar-refractivity contribution in [1.29, 1.82) is 0 Å². The van der Waals surface area contributed by atoms with E-state index in [0.29, 0.717) is 58.3 Å². The molecule has 76 heavy (non-hydrogen) atoms. The highest BCUT2D eigenvalue weighted by Crippen LogP contribution is 2.17. The molecule has 18 heteroatoms. The zero-order valence-corrected chi connectivity index (χ0v) is 47.7. The summed E-state index contributed by atoms with van der Waals surface area (Å²) in [4.78, 5) is 77.5. The zero-order chi connectivity index (χ0) is 56.8. The van der Waals surface area contributed by atoms with E-state index in [1.807, 2.05) is 0 Å². The quantitative estimate of drug-likeness (QED) is 0.0132. The van der Waals surface area contributed by atoms with Crippen LogP contribution in [0.2, 0.25) is 0 Å². The van der Waals surface area contributed by atoms with Crippen LogP contribution >= 0.6 is 0 Å². The molecule has 1 atom stereocenters. The van der Waals surface area contributed by atoms with Crippen molar-refractivity contribution in [2.24, 2.45) is 22.2 Å². The lowest BCUT2D eigenvalue weighted by Crippen LogP contribution is -2.44. The number of alkyl halides is 3. The predicted octanol–water partition coefficient (Wildman–Crippen LogP) is 12.1. The Hall–Kier alpha value is -4.38. The molecule has 0 fully saturated rings. The van der Waals surface area contributed by atoms with E-state index in [1.54, 1.807) is 4.90 Å². The average Bonchev–Trinajstić information content (AvgIpc) is 3.37. The lowest BCUT2D eigenvalue weighted by Gasteiger charge is -2.21. The largest absolute Gasteiger partial charge is 0.490 e. The maximum Gasteiger partial charge on any atom is 0.490 e. The van der Waals surface area contributed by atoms with Gasteiger partial charge in [0.1, 0.15) is 6.04 Å². The first-order chi connectivity index (χ1) is 36.5. The zero-order valence-electron chi connectivity index (χ0n) is 47.7. The van der Waals surface area contributed by atoms with E-state index in [0.717, 1.165) is 44.6 Å². The first kappa shape index (κ1) is 73.7. The first-order valence-electron chi connectivity index (χ1n) is 30.0. The van der Waals surface area contributed by atoms with Gasteiger partial charge in [-0.05, 0) is 38.5 Å². The molecule has 15 nitrogen and oxygen atoms in total. The molecule has 0 aliphatic carbocycles. The van der Waals surface area contributed by atoms with E-state index in [-0.39, 0.29) is 36.6 Å². The summed E-state index contributed by atoms with van der Waals surface area (Å²) >= 11 is 0. The maximum absolute atomic E-state index is 13.3. The summed E-state index contributed by atoms with van der Waals surface area (Å²) < 4.78 is 31.7. The number of carboxylic acid groups (broad SMARTS) is 1. The third-order valence-electron chi connectivity index (χ3n) is 13.4. The van der Waals surface area contributed by atoms with Crippen molar-refractivity contribution >= 4 is 41.5 Å². The van der Waals surface area contributed by atoms with Gasteiger partial charge in [0.05, 0.1) is 0 Å². The molecule has 0 aromatic heterocycles. The minimum Gasteiger partial charge on any atom is -0.475 e. The van der Waals surface area contributed by atoms with Crippen LogP contribution < -0.4 is 33.2 Å². The average molecular weight is 1090 g/mol. The van der Waals surface area contributed by atoms with Gasteiger partial charge >= 0.3 is 12.1 Å². The smallest absolute Gasteiger partial charge is 0.475 e. The Morgan fingerprint density at radius 3 is 1.11 bits per heavy atom. The summed E-state index contributed by atoms with van der Waals surface area (Å²) in [6.07, 6.45) is 44.1. The molecule has 0 aromatic rings. The highest BCUT2D eigenvalue weighted by molar-refractivity contribution is 5.98. The van der Waals surface area contributed by atoms with Crippen LogP contribution in [0.4, 0.5) is 13.2 Å². The minimum atomic E-state index is -5.08. The fourth-order valence-electron chi connectivity index (χ4n) is 8.79. The van der Waals surface area contributed by atoms with Crippen LogP contribution in [0.25, 0.3) is 0 Å². The van der Waals surface area contributed by atoms with Crippen LogP contribution in [0, 0.1) is 0 Å². The molecule has 0 unspecified atom stereocenters. The van der Waals surface area contributed by atoms with Crippen molar-refractivity contribution in [3.63, 3.8) is 0 Å². The third-order valence-corrected chi connectivity index (χ3v) is 13.4.